The second kappa shape index (κ2) is 5.70. The molecule has 0 aliphatic heterocycles. The van der Waals surface area contributed by atoms with Gasteiger partial charge >= 0.3 is 5.97 Å². The summed E-state index contributed by atoms with van der Waals surface area (Å²) in [5.41, 5.74) is 1.01. The zero-order chi connectivity index (χ0) is 14.7. The number of hydrogen-bond donors (Lipinski definition) is 3. The average Bonchev–Trinajstić information content (AvgIpc) is 2.88. The normalized spacial score (nSPS) is 10.2. The van der Waals surface area contributed by atoms with Crippen molar-refractivity contribution in [3.05, 3.63) is 45.4 Å². The van der Waals surface area contributed by atoms with Crippen molar-refractivity contribution < 1.29 is 19.8 Å². The number of thiazole rings is 1. The molecule has 20 heavy (non-hydrogen) atoms. The molecular formula is C13H12N2O4S. The van der Waals surface area contributed by atoms with Gasteiger partial charge in [0.15, 0.2) is 5.69 Å². The summed E-state index contributed by atoms with van der Waals surface area (Å²) in [6, 6.07) is 4.55. The molecule has 3 N–H and O–H groups in total. The van der Waals surface area contributed by atoms with Crippen LogP contribution >= 0.6 is 11.3 Å². The number of benzene rings is 1. The van der Waals surface area contributed by atoms with Crippen LogP contribution in [-0.2, 0) is 6.54 Å². The summed E-state index contributed by atoms with van der Waals surface area (Å²) in [6.07, 6.45) is 0. The Morgan fingerprint density at radius 1 is 1.40 bits per heavy atom. The van der Waals surface area contributed by atoms with E-state index in [1.165, 1.54) is 28.8 Å². The molecule has 0 aliphatic carbocycles. The molecule has 0 spiro atoms. The van der Waals surface area contributed by atoms with Crippen molar-refractivity contribution in [2.45, 2.75) is 13.5 Å². The fourth-order valence-corrected chi connectivity index (χ4v) is 2.25. The lowest BCUT2D eigenvalue weighted by molar-refractivity contribution is 0.0691. The number of rotatable bonds is 4. The number of carboxylic acids is 1. The molecular weight excluding hydrogens is 280 g/mol. The van der Waals surface area contributed by atoms with Crippen molar-refractivity contribution in [1.29, 1.82) is 0 Å². The van der Waals surface area contributed by atoms with E-state index >= 15 is 0 Å². The molecule has 0 unspecified atom stereocenters. The van der Waals surface area contributed by atoms with Gasteiger partial charge in [0.25, 0.3) is 5.91 Å². The summed E-state index contributed by atoms with van der Waals surface area (Å²) >= 11 is 1.17. The number of nitrogens with one attached hydrogen (secondary N) is 1. The van der Waals surface area contributed by atoms with E-state index in [9.17, 15) is 14.7 Å². The van der Waals surface area contributed by atoms with Gasteiger partial charge in [0.2, 0.25) is 0 Å². The fourth-order valence-electron chi connectivity index (χ4n) is 1.54. The monoisotopic (exact) mass is 292 g/mol. The standard InChI is InChI=1S/C13H12N2O4S/c1-7-4-8(2-3-10(7)16)12(17)14-5-11-15-9(6-20-11)13(18)19/h2-4,6,16H,5H2,1H3,(H,14,17)(H,18,19). The summed E-state index contributed by atoms with van der Waals surface area (Å²) in [7, 11) is 0. The minimum absolute atomic E-state index is 0.0280. The third-order valence-electron chi connectivity index (χ3n) is 2.63. The van der Waals surface area contributed by atoms with Gasteiger partial charge in [0.1, 0.15) is 10.8 Å². The maximum atomic E-state index is 11.9. The Kier molecular flexibility index (Phi) is 3.99. The number of carbonyl (C=O) groups is 2. The molecule has 0 saturated carbocycles. The average molecular weight is 292 g/mol. The number of aromatic nitrogens is 1. The van der Waals surface area contributed by atoms with Gasteiger partial charge in [-0.25, -0.2) is 9.78 Å². The van der Waals surface area contributed by atoms with E-state index in [1.54, 1.807) is 13.0 Å². The highest BCUT2D eigenvalue weighted by atomic mass is 32.1. The number of nitrogens with zero attached hydrogens (tertiary/aromatic N) is 1. The third kappa shape index (κ3) is 3.12. The van der Waals surface area contributed by atoms with Crippen LogP contribution in [0.25, 0.3) is 0 Å². The molecule has 0 atom stereocenters. The first-order valence-electron chi connectivity index (χ1n) is 5.73. The largest absolute Gasteiger partial charge is 0.508 e. The van der Waals surface area contributed by atoms with Crippen LogP contribution < -0.4 is 5.32 Å². The lowest BCUT2D eigenvalue weighted by Crippen LogP contribution is -2.22. The Hall–Kier alpha value is -2.41. The first kappa shape index (κ1) is 14.0. The highest BCUT2D eigenvalue weighted by Gasteiger charge is 2.11. The van der Waals surface area contributed by atoms with Gasteiger partial charge in [-0.2, -0.15) is 0 Å². The lowest BCUT2D eigenvalue weighted by atomic mass is 10.1. The van der Waals surface area contributed by atoms with E-state index in [-0.39, 0.29) is 23.9 Å². The van der Waals surface area contributed by atoms with Gasteiger partial charge in [0.05, 0.1) is 6.54 Å². The Bertz CT molecular complexity index is 666. The fraction of sp³-hybridized carbons (Fsp3) is 0.154. The molecule has 0 saturated heterocycles. The quantitative estimate of drug-likeness (QED) is 0.797. The van der Waals surface area contributed by atoms with Crippen molar-refractivity contribution in [3.63, 3.8) is 0 Å². The van der Waals surface area contributed by atoms with Crippen molar-refractivity contribution in [2.75, 3.05) is 0 Å². The van der Waals surface area contributed by atoms with Crippen LogP contribution in [0.5, 0.6) is 5.75 Å². The number of carbonyl (C=O) groups excluding carboxylic acids is 1. The van der Waals surface area contributed by atoms with Crippen LogP contribution in [0.1, 0.15) is 31.4 Å². The van der Waals surface area contributed by atoms with E-state index in [1.807, 2.05) is 0 Å². The van der Waals surface area contributed by atoms with Crippen molar-refractivity contribution in [2.24, 2.45) is 0 Å². The Balaban J connectivity index is 2.00. The number of phenolic OH excluding ortho intramolecular Hbond substituents is 1. The van der Waals surface area contributed by atoms with E-state index in [0.717, 1.165) is 0 Å². The number of hydrogen-bond acceptors (Lipinski definition) is 5. The predicted molar refractivity (Wildman–Crippen MR) is 73.1 cm³/mol. The van der Waals surface area contributed by atoms with Crippen LogP contribution in [0.15, 0.2) is 23.6 Å². The van der Waals surface area contributed by atoms with Crippen molar-refractivity contribution in [3.8, 4) is 5.75 Å². The van der Waals surface area contributed by atoms with Gasteiger partial charge in [-0.05, 0) is 30.7 Å². The van der Waals surface area contributed by atoms with Gasteiger partial charge in [-0.15, -0.1) is 11.3 Å². The van der Waals surface area contributed by atoms with Gasteiger partial charge in [0, 0.05) is 10.9 Å². The van der Waals surface area contributed by atoms with Crippen LogP contribution in [-0.4, -0.2) is 27.1 Å². The van der Waals surface area contributed by atoms with Crippen molar-refractivity contribution >= 4 is 23.2 Å². The maximum Gasteiger partial charge on any atom is 0.355 e. The lowest BCUT2D eigenvalue weighted by Gasteiger charge is -2.05. The number of aromatic carboxylic acids is 1. The minimum Gasteiger partial charge on any atom is -0.508 e. The molecule has 1 heterocycles. The highest BCUT2D eigenvalue weighted by Crippen LogP contribution is 2.17. The summed E-state index contributed by atoms with van der Waals surface area (Å²) in [5.74, 6) is -1.26. The van der Waals surface area contributed by atoms with Gasteiger partial charge in [-0.1, -0.05) is 0 Å². The summed E-state index contributed by atoms with van der Waals surface area (Å²) in [5, 5.41) is 22.7. The number of amides is 1. The molecule has 0 bridgehead atoms. The first-order chi connectivity index (χ1) is 9.47. The molecule has 0 aliphatic rings. The molecule has 1 amide bonds. The van der Waals surface area contributed by atoms with E-state index < -0.39 is 5.97 Å². The number of aryl methyl sites for hydroxylation is 1. The zero-order valence-electron chi connectivity index (χ0n) is 10.6. The maximum absolute atomic E-state index is 11.9. The third-order valence-corrected chi connectivity index (χ3v) is 3.48. The molecule has 0 fully saturated rings. The predicted octanol–water partition coefficient (Wildman–Crippen LogP) is 1.79. The molecule has 0 radical (unpaired) electrons. The summed E-state index contributed by atoms with van der Waals surface area (Å²) in [6.45, 7) is 1.86. The minimum atomic E-state index is -1.09. The molecule has 7 heteroatoms. The molecule has 2 aromatic rings. The molecule has 1 aromatic carbocycles. The topological polar surface area (TPSA) is 99.5 Å². The summed E-state index contributed by atoms with van der Waals surface area (Å²) < 4.78 is 0. The zero-order valence-corrected chi connectivity index (χ0v) is 11.4. The van der Waals surface area contributed by atoms with Crippen LogP contribution in [0, 0.1) is 6.92 Å². The Labute approximate surface area is 118 Å². The van der Waals surface area contributed by atoms with Gasteiger partial charge in [-0.3, -0.25) is 4.79 Å². The Morgan fingerprint density at radius 3 is 2.75 bits per heavy atom. The number of carboxylic acid groups (broad SMARTS) is 1. The smallest absolute Gasteiger partial charge is 0.355 e. The molecule has 6 nitrogen and oxygen atoms in total. The second-order valence-corrected chi connectivity index (χ2v) is 5.06. The van der Waals surface area contributed by atoms with Crippen LogP contribution in [0.4, 0.5) is 0 Å². The molecule has 2 rings (SSSR count). The van der Waals surface area contributed by atoms with E-state index in [4.69, 9.17) is 5.11 Å². The van der Waals surface area contributed by atoms with Crippen LogP contribution in [0.2, 0.25) is 0 Å². The highest BCUT2D eigenvalue weighted by molar-refractivity contribution is 7.09. The van der Waals surface area contributed by atoms with Gasteiger partial charge < -0.3 is 15.5 Å². The SMILES string of the molecule is Cc1cc(C(=O)NCc2nc(C(=O)O)cs2)ccc1O. The first-order valence-corrected chi connectivity index (χ1v) is 6.61. The number of phenols is 1. The van der Waals surface area contributed by atoms with Crippen molar-refractivity contribution in [1.82, 2.24) is 10.3 Å². The van der Waals surface area contributed by atoms with Crippen LogP contribution in [0.3, 0.4) is 0 Å². The number of aromatic hydroxyl groups is 1. The Morgan fingerprint density at radius 2 is 2.15 bits per heavy atom. The second-order valence-electron chi connectivity index (χ2n) is 4.12. The molecule has 104 valence electrons. The van der Waals surface area contributed by atoms with E-state index in [0.29, 0.717) is 16.1 Å². The van der Waals surface area contributed by atoms with E-state index in [2.05, 4.69) is 10.3 Å². The summed E-state index contributed by atoms with van der Waals surface area (Å²) in [4.78, 5) is 26.4. The molecule has 1 aromatic heterocycles.